The van der Waals surface area contributed by atoms with Crippen LogP contribution in [0, 0.1) is 13.8 Å². The van der Waals surface area contributed by atoms with E-state index < -0.39 is 10.0 Å². The van der Waals surface area contributed by atoms with Crippen LogP contribution in [0.25, 0.3) is 0 Å². The highest BCUT2D eigenvalue weighted by atomic mass is 32.2. The Morgan fingerprint density at radius 3 is 2.63 bits per heavy atom. The molecule has 1 aromatic heterocycles. The standard InChI is InChI=1S/C12H15N3O3S/c1-8-5-11(3-4-12(8)13)19(16,17)14-7-10-6-9(2)15-18-10/h3-6,14H,7,13H2,1-2H3. The van der Waals surface area contributed by atoms with Crippen LogP contribution < -0.4 is 10.5 Å². The molecule has 0 fully saturated rings. The first-order valence-corrected chi connectivity index (χ1v) is 7.15. The molecule has 0 saturated heterocycles. The van der Waals surface area contributed by atoms with Crippen molar-refractivity contribution in [3.05, 3.63) is 41.3 Å². The van der Waals surface area contributed by atoms with E-state index in [1.165, 1.54) is 12.1 Å². The minimum absolute atomic E-state index is 0.0621. The smallest absolute Gasteiger partial charge is 0.240 e. The Bertz CT molecular complexity index is 692. The highest BCUT2D eigenvalue weighted by Gasteiger charge is 2.15. The molecule has 3 N–H and O–H groups in total. The monoisotopic (exact) mass is 281 g/mol. The Morgan fingerprint density at radius 1 is 1.32 bits per heavy atom. The fraction of sp³-hybridized carbons (Fsp3) is 0.250. The van der Waals surface area contributed by atoms with Crippen LogP contribution in [0.5, 0.6) is 0 Å². The minimum atomic E-state index is -3.58. The molecule has 0 saturated carbocycles. The summed E-state index contributed by atoms with van der Waals surface area (Å²) < 4.78 is 31.5. The summed E-state index contributed by atoms with van der Waals surface area (Å²) in [5.74, 6) is 0.466. The van der Waals surface area contributed by atoms with Crippen LogP contribution in [-0.4, -0.2) is 13.6 Å². The van der Waals surface area contributed by atoms with Crippen molar-refractivity contribution in [2.45, 2.75) is 25.3 Å². The van der Waals surface area contributed by atoms with E-state index in [0.29, 0.717) is 17.1 Å². The molecule has 0 spiro atoms. The van der Waals surface area contributed by atoms with Gasteiger partial charge in [0.05, 0.1) is 17.1 Å². The number of sulfonamides is 1. The molecule has 0 bridgehead atoms. The SMILES string of the molecule is Cc1cc(CNS(=O)(=O)c2ccc(N)c(C)c2)on1. The molecule has 0 aliphatic heterocycles. The molecule has 0 aliphatic rings. The van der Waals surface area contributed by atoms with Crippen LogP contribution in [0.2, 0.25) is 0 Å². The second-order valence-electron chi connectivity index (χ2n) is 4.28. The van der Waals surface area contributed by atoms with E-state index in [0.717, 1.165) is 5.56 Å². The number of benzene rings is 1. The molecule has 0 radical (unpaired) electrons. The van der Waals surface area contributed by atoms with Gasteiger partial charge in [0.1, 0.15) is 0 Å². The lowest BCUT2D eigenvalue weighted by molar-refractivity contribution is 0.377. The van der Waals surface area contributed by atoms with Crippen molar-refractivity contribution in [1.82, 2.24) is 9.88 Å². The van der Waals surface area contributed by atoms with Gasteiger partial charge in [0.25, 0.3) is 0 Å². The van der Waals surface area contributed by atoms with E-state index in [1.807, 2.05) is 0 Å². The van der Waals surface area contributed by atoms with Crippen molar-refractivity contribution in [3.63, 3.8) is 0 Å². The maximum absolute atomic E-state index is 12.1. The predicted octanol–water partition coefficient (Wildman–Crippen LogP) is 1.35. The predicted molar refractivity (Wildman–Crippen MR) is 70.9 cm³/mol. The molecule has 6 nitrogen and oxygen atoms in total. The quantitative estimate of drug-likeness (QED) is 0.824. The lowest BCUT2D eigenvalue weighted by Gasteiger charge is -2.07. The van der Waals surface area contributed by atoms with Gasteiger partial charge in [-0.3, -0.25) is 0 Å². The third kappa shape index (κ3) is 3.12. The fourth-order valence-electron chi connectivity index (χ4n) is 1.56. The Kier molecular flexibility index (Phi) is 3.59. The summed E-state index contributed by atoms with van der Waals surface area (Å²) in [6.07, 6.45) is 0. The Hall–Kier alpha value is -1.86. The molecule has 2 aromatic rings. The molecule has 1 aromatic carbocycles. The van der Waals surface area contributed by atoms with Crippen LogP contribution in [0.15, 0.2) is 33.7 Å². The topological polar surface area (TPSA) is 98.2 Å². The van der Waals surface area contributed by atoms with E-state index in [9.17, 15) is 8.42 Å². The van der Waals surface area contributed by atoms with Gasteiger partial charge < -0.3 is 10.3 Å². The van der Waals surface area contributed by atoms with E-state index in [2.05, 4.69) is 9.88 Å². The van der Waals surface area contributed by atoms with Crippen LogP contribution in [0.1, 0.15) is 17.0 Å². The Balaban J connectivity index is 2.16. The maximum Gasteiger partial charge on any atom is 0.240 e. The largest absolute Gasteiger partial charge is 0.399 e. The Labute approximate surface area is 111 Å². The summed E-state index contributed by atoms with van der Waals surface area (Å²) in [5.41, 5.74) is 7.65. The molecule has 1 heterocycles. The Morgan fingerprint density at radius 2 is 2.05 bits per heavy atom. The van der Waals surface area contributed by atoms with Crippen molar-refractivity contribution in [1.29, 1.82) is 0 Å². The van der Waals surface area contributed by atoms with Crippen molar-refractivity contribution >= 4 is 15.7 Å². The number of rotatable bonds is 4. The average Bonchev–Trinajstić information content (AvgIpc) is 2.76. The lowest BCUT2D eigenvalue weighted by Crippen LogP contribution is -2.23. The number of anilines is 1. The van der Waals surface area contributed by atoms with Crippen LogP contribution in [0.4, 0.5) is 5.69 Å². The maximum atomic E-state index is 12.1. The summed E-state index contributed by atoms with van der Waals surface area (Å²) >= 11 is 0. The van der Waals surface area contributed by atoms with E-state index in [-0.39, 0.29) is 11.4 Å². The molecule has 0 amide bonds. The molecule has 0 aliphatic carbocycles. The van der Waals surface area contributed by atoms with Crippen LogP contribution >= 0.6 is 0 Å². The zero-order valence-corrected chi connectivity index (χ0v) is 11.5. The number of nitrogens with zero attached hydrogens (tertiary/aromatic N) is 1. The summed E-state index contributed by atoms with van der Waals surface area (Å²) in [7, 11) is -3.58. The first-order chi connectivity index (χ1) is 8.88. The molecular weight excluding hydrogens is 266 g/mol. The van der Waals surface area contributed by atoms with Gasteiger partial charge in [-0.05, 0) is 37.6 Å². The van der Waals surface area contributed by atoms with E-state index in [4.69, 9.17) is 10.3 Å². The summed E-state index contributed by atoms with van der Waals surface area (Å²) in [6.45, 7) is 3.59. The minimum Gasteiger partial charge on any atom is -0.399 e. The molecule has 7 heteroatoms. The number of aryl methyl sites for hydroxylation is 2. The second kappa shape index (κ2) is 5.02. The highest BCUT2D eigenvalue weighted by molar-refractivity contribution is 7.89. The van der Waals surface area contributed by atoms with Gasteiger partial charge in [0, 0.05) is 11.8 Å². The number of nitrogens with one attached hydrogen (secondary N) is 1. The summed E-state index contributed by atoms with van der Waals surface area (Å²) in [4.78, 5) is 0.176. The third-order valence-electron chi connectivity index (χ3n) is 2.66. The van der Waals surface area contributed by atoms with Crippen molar-refractivity contribution < 1.29 is 12.9 Å². The first kappa shape index (κ1) is 13.6. The lowest BCUT2D eigenvalue weighted by atomic mass is 10.2. The van der Waals surface area contributed by atoms with Gasteiger partial charge in [-0.2, -0.15) is 0 Å². The molecule has 0 atom stereocenters. The van der Waals surface area contributed by atoms with Crippen LogP contribution in [0.3, 0.4) is 0 Å². The van der Waals surface area contributed by atoms with Crippen molar-refractivity contribution in [2.24, 2.45) is 0 Å². The zero-order chi connectivity index (χ0) is 14.0. The normalized spacial score (nSPS) is 11.7. The van der Waals surface area contributed by atoms with E-state index in [1.54, 1.807) is 26.0 Å². The van der Waals surface area contributed by atoms with Gasteiger partial charge in [-0.15, -0.1) is 0 Å². The van der Waals surface area contributed by atoms with Gasteiger partial charge in [-0.1, -0.05) is 5.16 Å². The summed E-state index contributed by atoms with van der Waals surface area (Å²) in [5, 5.41) is 3.69. The molecule has 102 valence electrons. The number of hydrogen-bond donors (Lipinski definition) is 2. The van der Waals surface area contributed by atoms with Crippen molar-refractivity contribution in [2.75, 3.05) is 5.73 Å². The van der Waals surface area contributed by atoms with E-state index >= 15 is 0 Å². The zero-order valence-electron chi connectivity index (χ0n) is 10.7. The fourth-order valence-corrected chi connectivity index (χ4v) is 2.64. The number of nitrogens with two attached hydrogens (primary N) is 1. The van der Waals surface area contributed by atoms with Crippen molar-refractivity contribution in [3.8, 4) is 0 Å². The molecule has 19 heavy (non-hydrogen) atoms. The molecule has 0 unspecified atom stereocenters. The van der Waals surface area contributed by atoms with Gasteiger partial charge in [-0.25, -0.2) is 13.1 Å². The van der Waals surface area contributed by atoms with Gasteiger partial charge >= 0.3 is 0 Å². The van der Waals surface area contributed by atoms with Gasteiger partial charge in [0.15, 0.2) is 5.76 Å². The number of nitrogen functional groups attached to an aromatic ring is 1. The third-order valence-corrected chi connectivity index (χ3v) is 4.06. The number of hydrogen-bond acceptors (Lipinski definition) is 5. The summed E-state index contributed by atoms with van der Waals surface area (Å²) in [6, 6.07) is 6.25. The molecular formula is C12H15N3O3S. The second-order valence-corrected chi connectivity index (χ2v) is 6.04. The van der Waals surface area contributed by atoms with Crippen LogP contribution in [-0.2, 0) is 16.6 Å². The highest BCUT2D eigenvalue weighted by Crippen LogP contribution is 2.17. The molecule has 2 rings (SSSR count). The average molecular weight is 281 g/mol. The van der Waals surface area contributed by atoms with Gasteiger partial charge in [0.2, 0.25) is 10.0 Å². The first-order valence-electron chi connectivity index (χ1n) is 5.66. The number of aromatic nitrogens is 1.